The molecule has 0 atom stereocenters. The van der Waals surface area contributed by atoms with Gasteiger partial charge in [0.25, 0.3) is 0 Å². The van der Waals surface area contributed by atoms with Gasteiger partial charge in [-0.25, -0.2) is 4.39 Å². The van der Waals surface area contributed by atoms with E-state index in [2.05, 4.69) is 0 Å². The van der Waals surface area contributed by atoms with Crippen molar-refractivity contribution in [3.8, 4) is 5.75 Å². The molecule has 1 rings (SSSR count). The Morgan fingerprint density at radius 3 is 2.77 bits per heavy atom. The molecule has 1 aromatic rings. The Bertz CT molecular complexity index is 323. The largest absolute Gasteiger partial charge is 0.550 e. The lowest BCUT2D eigenvalue weighted by molar-refractivity contribution is -0.304. The second-order valence-electron chi connectivity index (χ2n) is 2.51. The molecule has 0 heterocycles. The third-order valence-electron chi connectivity index (χ3n) is 1.60. The summed E-state index contributed by atoms with van der Waals surface area (Å²) in [6.07, 6.45) is -0.421. The summed E-state index contributed by atoms with van der Waals surface area (Å²) >= 11 is 0. The standard InChI is InChI=1S/C9H9FO3/c1-13-7-3-2-6(4-9(11)12)8(10)5-7/h2-3,5H,4H2,1H3,(H,11,12)/p-1. The average Bonchev–Trinajstić information content (AvgIpc) is 2.08. The van der Waals surface area contributed by atoms with Crippen molar-refractivity contribution in [2.75, 3.05) is 7.11 Å². The molecule has 0 aliphatic heterocycles. The van der Waals surface area contributed by atoms with E-state index >= 15 is 0 Å². The predicted octanol–water partition coefficient (Wildman–Crippen LogP) is 0.127. The Labute approximate surface area is 74.8 Å². The Morgan fingerprint density at radius 1 is 1.62 bits per heavy atom. The number of ether oxygens (including phenoxy) is 1. The van der Waals surface area contributed by atoms with Crippen LogP contribution in [-0.2, 0) is 11.2 Å². The molecular weight excluding hydrogens is 175 g/mol. The second kappa shape index (κ2) is 3.89. The van der Waals surface area contributed by atoms with E-state index in [1.54, 1.807) is 0 Å². The van der Waals surface area contributed by atoms with E-state index in [1.165, 1.54) is 19.2 Å². The van der Waals surface area contributed by atoms with E-state index in [1.807, 2.05) is 0 Å². The van der Waals surface area contributed by atoms with Crippen molar-refractivity contribution in [2.45, 2.75) is 6.42 Å². The van der Waals surface area contributed by atoms with Crippen molar-refractivity contribution < 1.29 is 19.0 Å². The van der Waals surface area contributed by atoms with Crippen molar-refractivity contribution in [1.82, 2.24) is 0 Å². The average molecular weight is 183 g/mol. The first-order chi connectivity index (χ1) is 6.13. The first-order valence-corrected chi connectivity index (χ1v) is 3.65. The van der Waals surface area contributed by atoms with Gasteiger partial charge in [-0.15, -0.1) is 0 Å². The van der Waals surface area contributed by atoms with Gasteiger partial charge >= 0.3 is 0 Å². The molecule has 0 aromatic heterocycles. The Kier molecular flexibility index (Phi) is 2.84. The smallest absolute Gasteiger partial charge is 0.130 e. The maximum Gasteiger partial charge on any atom is 0.130 e. The van der Waals surface area contributed by atoms with Crippen molar-refractivity contribution in [3.63, 3.8) is 0 Å². The minimum atomic E-state index is -1.30. The molecule has 0 radical (unpaired) electrons. The second-order valence-corrected chi connectivity index (χ2v) is 2.51. The highest BCUT2D eigenvalue weighted by atomic mass is 19.1. The van der Waals surface area contributed by atoms with Crippen molar-refractivity contribution in [2.24, 2.45) is 0 Å². The summed E-state index contributed by atoms with van der Waals surface area (Å²) < 4.78 is 17.8. The molecule has 0 N–H and O–H groups in total. The third kappa shape index (κ3) is 2.43. The van der Waals surface area contributed by atoms with Gasteiger partial charge in [0, 0.05) is 18.5 Å². The van der Waals surface area contributed by atoms with Gasteiger partial charge in [0.2, 0.25) is 0 Å². The lowest BCUT2D eigenvalue weighted by Gasteiger charge is -2.05. The van der Waals surface area contributed by atoms with Crippen molar-refractivity contribution in [1.29, 1.82) is 0 Å². The summed E-state index contributed by atoms with van der Waals surface area (Å²) in [6, 6.07) is 4.00. The molecule has 4 heteroatoms. The zero-order valence-electron chi connectivity index (χ0n) is 7.04. The summed E-state index contributed by atoms with van der Waals surface area (Å²) in [5.74, 6) is -1.53. The molecule has 70 valence electrons. The maximum atomic E-state index is 13.0. The fourth-order valence-electron chi connectivity index (χ4n) is 0.954. The van der Waals surface area contributed by atoms with Crippen LogP contribution in [0.3, 0.4) is 0 Å². The molecule has 0 aliphatic carbocycles. The summed E-state index contributed by atoms with van der Waals surface area (Å²) in [5, 5.41) is 10.2. The lowest BCUT2D eigenvalue weighted by Crippen LogP contribution is -2.24. The van der Waals surface area contributed by atoms with E-state index in [0.29, 0.717) is 5.75 Å². The quantitative estimate of drug-likeness (QED) is 0.669. The number of hydrogen-bond acceptors (Lipinski definition) is 3. The van der Waals surface area contributed by atoms with Crippen LogP contribution in [-0.4, -0.2) is 13.1 Å². The fraction of sp³-hybridized carbons (Fsp3) is 0.222. The molecule has 0 bridgehead atoms. The van der Waals surface area contributed by atoms with Crippen LogP contribution >= 0.6 is 0 Å². The number of carboxylic acid groups (broad SMARTS) is 1. The van der Waals surface area contributed by atoms with Gasteiger partial charge in [-0.05, 0) is 11.6 Å². The van der Waals surface area contributed by atoms with Gasteiger partial charge in [-0.1, -0.05) is 6.07 Å². The molecule has 3 nitrogen and oxygen atoms in total. The number of carbonyl (C=O) groups is 1. The molecule has 0 saturated heterocycles. The molecule has 0 saturated carbocycles. The Hall–Kier alpha value is -1.58. The number of carboxylic acids is 1. The van der Waals surface area contributed by atoms with Crippen LogP contribution < -0.4 is 9.84 Å². The summed E-state index contributed by atoms with van der Waals surface area (Å²) in [5.41, 5.74) is 0.0980. The summed E-state index contributed by atoms with van der Waals surface area (Å²) in [7, 11) is 1.41. The molecule has 0 aliphatic rings. The van der Waals surface area contributed by atoms with Crippen molar-refractivity contribution in [3.05, 3.63) is 29.6 Å². The monoisotopic (exact) mass is 183 g/mol. The van der Waals surface area contributed by atoms with E-state index in [0.717, 1.165) is 6.07 Å². The maximum absolute atomic E-state index is 13.0. The number of carbonyl (C=O) groups excluding carboxylic acids is 1. The zero-order chi connectivity index (χ0) is 9.84. The summed E-state index contributed by atoms with van der Waals surface area (Å²) in [6.45, 7) is 0. The summed E-state index contributed by atoms with van der Waals surface area (Å²) in [4.78, 5) is 10.2. The highest BCUT2D eigenvalue weighted by molar-refractivity contribution is 5.68. The molecule has 0 fully saturated rings. The molecule has 0 unspecified atom stereocenters. The van der Waals surface area contributed by atoms with E-state index < -0.39 is 18.2 Å². The molecule has 0 amide bonds. The van der Waals surface area contributed by atoms with E-state index in [9.17, 15) is 14.3 Å². The lowest BCUT2D eigenvalue weighted by atomic mass is 10.1. The highest BCUT2D eigenvalue weighted by Gasteiger charge is 2.03. The van der Waals surface area contributed by atoms with Gasteiger partial charge in [0.15, 0.2) is 0 Å². The van der Waals surface area contributed by atoms with Crippen LogP contribution in [0.5, 0.6) is 5.75 Å². The minimum absolute atomic E-state index is 0.0980. The third-order valence-corrected chi connectivity index (χ3v) is 1.60. The van der Waals surface area contributed by atoms with Crippen LogP contribution in [0.2, 0.25) is 0 Å². The number of aliphatic carboxylic acids is 1. The predicted molar refractivity (Wildman–Crippen MR) is 41.7 cm³/mol. The van der Waals surface area contributed by atoms with Gasteiger partial charge in [0.05, 0.1) is 7.11 Å². The van der Waals surface area contributed by atoms with E-state index in [-0.39, 0.29) is 5.56 Å². The van der Waals surface area contributed by atoms with Crippen molar-refractivity contribution >= 4 is 5.97 Å². The Morgan fingerprint density at radius 2 is 2.31 bits per heavy atom. The van der Waals surface area contributed by atoms with Gasteiger partial charge < -0.3 is 14.6 Å². The van der Waals surface area contributed by atoms with Crippen LogP contribution in [0, 0.1) is 5.82 Å². The zero-order valence-corrected chi connectivity index (χ0v) is 7.04. The highest BCUT2D eigenvalue weighted by Crippen LogP contribution is 2.16. The first kappa shape index (κ1) is 9.51. The molecule has 0 spiro atoms. The molecule has 1 aromatic carbocycles. The molecular formula is C9H8FO3-. The van der Waals surface area contributed by atoms with Crippen LogP contribution in [0.4, 0.5) is 4.39 Å². The number of rotatable bonds is 3. The topological polar surface area (TPSA) is 49.4 Å². The SMILES string of the molecule is COc1ccc(CC(=O)[O-])c(F)c1. The van der Waals surface area contributed by atoms with Crippen LogP contribution in [0.15, 0.2) is 18.2 Å². The number of hydrogen-bond donors (Lipinski definition) is 0. The normalized spacial score (nSPS) is 9.69. The van der Waals surface area contributed by atoms with E-state index in [4.69, 9.17) is 4.74 Å². The fourth-order valence-corrected chi connectivity index (χ4v) is 0.954. The first-order valence-electron chi connectivity index (χ1n) is 3.65. The number of halogens is 1. The molecule has 13 heavy (non-hydrogen) atoms. The minimum Gasteiger partial charge on any atom is -0.550 e. The number of methoxy groups -OCH3 is 1. The number of benzene rings is 1. The van der Waals surface area contributed by atoms with Gasteiger partial charge in [-0.3, -0.25) is 0 Å². The van der Waals surface area contributed by atoms with Crippen LogP contribution in [0.25, 0.3) is 0 Å². The van der Waals surface area contributed by atoms with Gasteiger partial charge in [-0.2, -0.15) is 0 Å². The van der Waals surface area contributed by atoms with Crippen LogP contribution in [0.1, 0.15) is 5.56 Å². The van der Waals surface area contributed by atoms with Gasteiger partial charge in [0.1, 0.15) is 11.6 Å². The Balaban J connectivity index is 2.91.